The summed E-state index contributed by atoms with van der Waals surface area (Å²) in [6, 6.07) is 10.5. The molecule has 0 atom stereocenters. The molecule has 3 heterocycles. The van der Waals surface area contributed by atoms with Gasteiger partial charge >= 0.3 is 6.03 Å². The molecule has 1 N–H and O–H groups in total. The first-order chi connectivity index (χ1) is 14.5. The van der Waals surface area contributed by atoms with Crippen molar-refractivity contribution in [2.75, 3.05) is 22.9 Å². The predicted molar refractivity (Wildman–Crippen MR) is 115 cm³/mol. The molecule has 4 amide bonds. The molecule has 0 unspecified atom stereocenters. The molecule has 3 aliphatic rings. The van der Waals surface area contributed by atoms with Crippen molar-refractivity contribution in [1.29, 1.82) is 0 Å². The smallest absolute Gasteiger partial charge is 0.335 e. The van der Waals surface area contributed by atoms with Crippen molar-refractivity contribution in [2.45, 2.75) is 32.6 Å². The third kappa shape index (κ3) is 3.09. The number of benzene rings is 2. The van der Waals surface area contributed by atoms with Crippen LogP contribution in [0.5, 0.6) is 0 Å². The summed E-state index contributed by atoms with van der Waals surface area (Å²) in [5, 5.41) is 2.30. The van der Waals surface area contributed by atoms with Crippen LogP contribution in [0.4, 0.5) is 16.2 Å². The largest absolute Gasteiger partial charge is 0.371 e. The van der Waals surface area contributed by atoms with E-state index in [0.29, 0.717) is 5.69 Å². The predicted octanol–water partition coefficient (Wildman–Crippen LogP) is 3.36. The number of hydrogen-bond acceptors (Lipinski definition) is 4. The molecule has 0 aliphatic carbocycles. The van der Waals surface area contributed by atoms with Crippen molar-refractivity contribution in [1.82, 2.24) is 5.32 Å². The normalized spacial score (nSPS) is 19.8. The van der Waals surface area contributed by atoms with Crippen LogP contribution in [0.25, 0.3) is 6.08 Å². The van der Waals surface area contributed by atoms with Crippen LogP contribution in [0.3, 0.4) is 0 Å². The van der Waals surface area contributed by atoms with Gasteiger partial charge in [0, 0.05) is 18.8 Å². The summed E-state index contributed by atoms with van der Waals surface area (Å²) in [6.07, 6.45) is 5.85. The first-order valence-electron chi connectivity index (χ1n) is 10.4. The molecule has 0 saturated carbocycles. The summed E-state index contributed by atoms with van der Waals surface area (Å²) in [7, 11) is 0. The zero-order chi connectivity index (χ0) is 20.8. The van der Waals surface area contributed by atoms with Gasteiger partial charge in [0.2, 0.25) is 0 Å². The van der Waals surface area contributed by atoms with Crippen molar-refractivity contribution in [3.05, 3.63) is 64.2 Å². The second-order valence-electron chi connectivity index (χ2n) is 8.18. The molecular formula is C24H23N3O3. The van der Waals surface area contributed by atoms with Crippen molar-refractivity contribution in [3.8, 4) is 0 Å². The van der Waals surface area contributed by atoms with E-state index < -0.39 is 17.8 Å². The summed E-state index contributed by atoms with van der Waals surface area (Å²) in [5.74, 6) is -1.25. The quantitative estimate of drug-likeness (QED) is 0.619. The highest BCUT2D eigenvalue weighted by atomic mass is 16.2. The van der Waals surface area contributed by atoms with Gasteiger partial charge in [-0.2, -0.15) is 0 Å². The molecule has 5 rings (SSSR count). The van der Waals surface area contributed by atoms with E-state index in [0.717, 1.165) is 54.8 Å². The van der Waals surface area contributed by atoms with Gasteiger partial charge in [0.25, 0.3) is 11.8 Å². The number of hydrogen-bond donors (Lipinski definition) is 1. The monoisotopic (exact) mass is 401 g/mol. The molecule has 0 radical (unpaired) electrons. The maximum atomic E-state index is 13.1. The maximum absolute atomic E-state index is 13.1. The maximum Gasteiger partial charge on any atom is 0.335 e. The van der Waals surface area contributed by atoms with Crippen LogP contribution >= 0.6 is 0 Å². The zero-order valence-electron chi connectivity index (χ0n) is 16.9. The number of rotatable bonds is 2. The Balaban J connectivity index is 1.54. The van der Waals surface area contributed by atoms with Gasteiger partial charge < -0.3 is 4.90 Å². The van der Waals surface area contributed by atoms with E-state index in [9.17, 15) is 14.4 Å². The van der Waals surface area contributed by atoms with Crippen LogP contribution in [-0.4, -0.2) is 30.9 Å². The minimum Gasteiger partial charge on any atom is -0.371 e. The summed E-state index contributed by atoms with van der Waals surface area (Å²) in [5.41, 5.74) is 6.17. The van der Waals surface area contributed by atoms with E-state index in [-0.39, 0.29) is 5.57 Å². The minimum atomic E-state index is -0.720. The molecule has 0 spiro atoms. The molecule has 0 aromatic heterocycles. The highest BCUT2D eigenvalue weighted by Crippen LogP contribution is 2.36. The van der Waals surface area contributed by atoms with E-state index in [2.05, 4.69) is 22.3 Å². The van der Waals surface area contributed by atoms with E-state index >= 15 is 0 Å². The summed E-state index contributed by atoms with van der Waals surface area (Å²) < 4.78 is 0. The average molecular weight is 401 g/mol. The number of barbiturate groups is 1. The Labute approximate surface area is 175 Å². The summed E-state index contributed by atoms with van der Waals surface area (Å²) in [6.45, 7) is 4.12. The number of anilines is 2. The number of urea groups is 1. The summed E-state index contributed by atoms with van der Waals surface area (Å²) in [4.78, 5) is 41.5. The second-order valence-corrected chi connectivity index (χ2v) is 8.18. The average Bonchev–Trinajstić information content (AvgIpc) is 2.73. The lowest BCUT2D eigenvalue weighted by molar-refractivity contribution is -0.122. The number of aryl methyl sites for hydroxylation is 3. The molecule has 6 nitrogen and oxygen atoms in total. The summed E-state index contributed by atoms with van der Waals surface area (Å²) >= 11 is 0. The first kappa shape index (κ1) is 18.6. The van der Waals surface area contributed by atoms with Gasteiger partial charge in [-0.3, -0.25) is 14.9 Å². The third-order valence-corrected chi connectivity index (χ3v) is 6.06. The Morgan fingerprint density at radius 3 is 2.20 bits per heavy atom. The Morgan fingerprint density at radius 1 is 0.933 bits per heavy atom. The lowest BCUT2D eigenvalue weighted by Gasteiger charge is -2.37. The van der Waals surface area contributed by atoms with E-state index in [1.165, 1.54) is 16.8 Å². The zero-order valence-corrected chi connectivity index (χ0v) is 16.9. The lowest BCUT2D eigenvalue weighted by atomic mass is 9.89. The molecule has 6 heteroatoms. The molecule has 30 heavy (non-hydrogen) atoms. The van der Waals surface area contributed by atoms with Crippen molar-refractivity contribution < 1.29 is 14.4 Å². The van der Waals surface area contributed by atoms with Gasteiger partial charge in [0.05, 0.1) is 5.69 Å². The van der Waals surface area contributed by atoms with Crippen molar-refractivity contribution in [3.63, 3.8) is 0 Å². The number of nitrogens with zero attached hydrogens (tertiary/aromatic N) is 2. The van der Waals surface area contributed by atoms with Crippen LogP contribution in [-0.2, 0) is 22.4 Å². The van der Waals surface area contributed by atoms with Crippen LogP contribution in [0.15, 0.2) is 42.0 Å². The number of carbonyl (C=O) groups is 3. The molecule has 2 aromatic rings. The van der Waals surface area contributed by atoms with Gasteiger partial charge in [0.1, 0.15) is 5.57 Å². The fourth-order valence-electron chi connectivity index (χ4n) is 4.67. The first-order valence-corrected chi connectivity index (χ1v) is 10.4. The molecule has 1 saturated heterocycles. The van der Waals surface area contributed by atoms with Crippen molar-refractivity contribution in [2.24, 2.45) is 0 Å². The topological polar surface area (TPSA) is 69.7 Å². The van der Waals surface area contributed by atoms with Gasteiger partial charge in [-0.05, 0) is 79.6 Å². The molecule has 0 bridgehead atoms. The molecule has 152 valence electrons. The number of nitrogens with one attached hydrogen (secondary N) is 1. The van der Waals surface area contributed by atoms with Crippen LogP contribution in [0.2, 0.25) is 0 Å². The number of amides is 4. The Hall–Kier alpha value is -3.41. The van der Waals surface area contributed by atoms with E-state index in [4.69, 9.17) is 0 Å². The number of imide groups is 2. The van der Waals surface area contributed by atoms with Gasteiger partial charge in [-0.25, -0.2) is 9.69 Å². The standard InChI is InChI=1S/C24H23N3O3/c1-15-6-8-19(9-7-15)27-23(29)20(22(28)25-24(27)30)14-16-12-17-4-2-10-26-11-3-5-18(13-16)21(17)26/h6-9,12-14H,2-5,10-11H2,1H3,(H,25,28,30)/b20-14+. The van der Waals surface area contributed by atoms with Gasteiger partial charge in [-0.1, -0.05) is 17.7 Å². The van der Waals surface area contributed by atoms with Crippen LogP contribution in [0.1, 0.15) is 35.1 Å². The lowest BCUT2D eigenvalue weighted by Crippen LogP contribution is -2.54. The molecular weight excluding hydrogens is 378 g/mol. The highest BCUT2D eigenvalue weighted by Gasteiger charge is 2.37. The Kier molecular flexibility index (Phi) is 4.42. The Bertz CT molecular complexity index is 1070. The SMILES string of the molecule is Cc1ccc(N2C(=O)NC(=O)/C(=C\c3cc4c5c(c3)CCCN5CCC4)C2=O)cc1. The molecule has 3 aliphatic heterocycles. The van der Waals surface area contributed by atoms with Crippen LogP contribution in [0, 0.1) is 6.92 Å². The fraction of sp³-hybridized carbons (Fsp3) is 0.292. The highest BCUT2D eigenvalue weighted by molar-refractivity contribution is 6.39. The molecule has 1 fully saturated rings. The van der Waals surface area contributed by atoms with E-state index in [1.54, 1.807) is 18.2 Å². The van der Waals surface area contributed by atoms with E-state index in [1.807, 2.05) is 19.1 Å². The van der Waals surface area contributed by atoms with Crippen molar-refractivity contribution >= 4 is 35.3 Å². The fourth-order valence-corrected chi connectivity index (χ4v) is 4.67. The Morgan fingerprint density at radius 2 is 1.57 bits per heavy atom. The molecule has 2 aromatic carbocycles. The van der Waals surface area contributed by atoms with Crippen LogP contribution < -0.4 is 15.1 Å². The second kappa shape index (κ2) is 7.13. The third-order valence-electron chi connectivity index (χ3n) is 6.06. The number of carbonyl (C=O) groups excluding carboxylic acids is 3. The van der Waals surface area contributed by atoms with Gasteiger partial charge in [0.15, 0.2) is 0 Å². The minimum absolute atomic E-state index is 0.0224. The van der Waals surface area contributed by atoms with Gasteiger partial charge in [-0.15, -0.1) is 0 Å².